The first-order valence-corrected chi connectivity index (χ1v) is 8.70. The molecular weight excluding hydrogens is 350 g/mol. The highest BCUT2D eigenvalue weighted by Gasteiger charge is 2.32. The highest BCUT2D eigenvalue weighted by atomic mass is 16.5. The molecule has 0 saturated carbocycles. The van der Waals surface area contributed by atoms with Gasteiger partial charge in [-0.2, -0.15) is 4.98 Å². The summed E-state index contributed by atoms with van der Waals surface area (Å²) in [6.07, 6.45) is 1.09. The Bertz CT molecular complexity index is 777. The van der Waals surface area contributed by atoms with Crippen LogP contribution < -0.4 is 10.1 Å². The first kappa shape index (κ1) is 20.4. The summed E-state index contributed by atoms with van der Waals surface area (Å²) in [6, 6.07) is 6.35. The van der Waals surface area contributed by atoms with Crippen molar-refractivity contribution in [2.45, 2.75) is 46.1 Å². The summed E-state index contributed by atoms with van der Waals surface area (Å²) in [5.41, 5.74) is 0.236. The number of nitrogens with one attached hydrogen (secondary N) is 1. The number of aliphatic carboxylic acids is 1. The quantitative estimate of drug-likeness (QED) is 0.729. The Labute approximate surface area is 157 Å². The molecule has 146 valence electrons. The van der Waals surface area contributed by atoms with Gasteiger partial charge in [0.1, 0.15) is 11.8 Å². The second-order valence-electron chi connectivity index (χ2n) is 7.30. The van der Waals surface area contributed by atoms with Gasteiger partial charge < -0.3 is 19.7 Å². The van der Waals surface area contributed by atoms with Crippen molar-refractivity contribution in [2.24, 2.45) is 5.41 Å². The Kier molecular flexibility index (Phi) is 6.55. The van der Waals surface area contributed by atoms with Gasteiger partial charge in [0, 0.05) is 18.4 Å². The lowest BCUT2D eigenvalue weighted by Crippen LogP contribution is -2.49. The Balaban J connectivity index is 1.86. The maximum absolute atomic E-state index is 12.0. The molecule has 2 aromatic rings. The van der Waals surface area contributed by atoms with Crippen LogP contribution >= 0.6 is 0 Å². The highest BCUT2D eigenvalue weighted by Crippen LogP contribution is 2.21. The zero-order chi connectivity index (χ0) is 20.0. The predicted octanol–water partition coefficient (Wildman–Crippen LogP) is 2.68. The molecule has 2 N–H and O–H groups in total. The lowest BCUT2D eigenvalue weighted by atomic mass is 9.86. The number of aryl methyl sites for hydroxylation is 1. The van der Waals surface area contributed by atoms with Gasteiger partial charge in [-0.1, -0.05) is 25.9 Å². The second-order valence-corrected chi connectivity index (χ2v) is 7.30. The number of methoxy groups -OCH3 is 1. The minimum absolute atomic E-state index is 0.181. The third kappa shape index (κ3) is 5.80. The zero-order valence-electron chi connectivity index (χ0n) is 16.0. The van der Waals surface area contributed by atoms with Gasteiger partial charge in [0.2, 0.25) is 17.6 Å². The molecule has 1 aromatic carbocycles. The number of carbonyl (C=O) groups excluding carboxylic acids is 1. The third-order valence-electron chi connectivity index (χ3n) is 4.03. The fourth-order valence-electron chi connectivity index (χ4n) is 2.50. The largest absolute Gasteiger partial charge is 0.497 e. The molecule has 0 bridgehead atoms. The molecule has 27 heavy (non-hydrogen) atoms. The number of carboxylic acid groups (broad SMARTS) is 1. The van der Waals surface area contributed by atoms with E-state index in [1.807, 2.05) is 24.3 Å². The number of hydrogen-bond acceptors (Lipinski definition) is 6. The van der Waals surface area contributed by atoms with Crippen molar-refractivity contribution in [2.75, 3.05) is 7.11 Å². The van der Waals surface area contributed by atoms with Crippen LogP contribution in [-0.4, -0.2) is 40.3 Å². The summed E-state index contributed by atoms with van der Waals surface area (Å²) in [5, 5.41) is 15.8. The molecule has 0 aliphatic rings. The number of ether oxygens (including phenoxy) is 1. The van der Waals surface area contributed by atoms with Crippen LogP contribution in [0.3, 0.4) is 0 Å². The van der Waals surface area contributed by atoms with Crippen molar-refractivity contribution in [3.8, 4) is 17.1 Å². The van der Waals surface area contributed by atoms with Crippen LogP contribution in [0.1, 0.15) is 39.5 Å². The smallest absolute Gasteiger partial charge is 0.326 e. The molecule has 0 fully saturated rings. The van der Waals surface area contributed by atoms with Crippen molar-refractivity contribution in [1.29, 1.82) is 0 Å². The molecule has 0 unspecified atom stereocenters. The van der Waals surface area contributed by atoms with Crippen molar-refractivity contribution < 1.29 is 24.0 Å². The van der Waals surface area contributed by atoms with Crippen LogP contribution in [0.15, 0.2) is 28.8 Å². The number of amides is 1. The van der Waals surface area contributed by atoms with Crippen LogP contribution in [0.2, 0.25) is 0 Å². The average molecular weight is 375 g/mol. The molecule has 1 atom stereocenters. The van der Waals surface area contributed by atoms with Crippen LogP contribution in [0.25, 0.3) is 11.4 Å². The van der Waals surface area contributed by atoms with Crippen molar-refractivity contribution in [1.82, 2.24) is 15.5 Å². The summed E-state index contributed by atoms with van der Waals surface area (Å²) >= 11 is 0. The Morgan fingerprint density at radius 2 is 1.93 bits per heavy atom. The van der Waals surface area contributed by atoms with Gasteiger partial charge in [0.05, 0.1) is 7.11 Å². The maximum Gasteiger partial charge on any atom is 0.326 e. The van der Waals surface area contributed by atoms with Crippen molar-refractivity contribution in [3.63, 3.8) is 0 Å². The number of nitrogens with zero attached hydrogens (tertiary/aromatic N) is 2. The first-order chi connectivity index (χ1) is 12.7. The van der Waals surface area contributed by atoms with Crippen LogP contribution in [0.5, 0.6) is 5.75 Å². The molecule has 2 rings (SSSR count). The topological polar surface area (TPSA) is 115 Å². The summed E-state index contributed by atoms with van der Waals surface area (Å²) < 4.78 is 10.3. The van der Waals surface area contributed by atoms with Gasteiger partial charge >= 0.3 is 5.97 Å². The van der Waals surface area contributed by atoms with Gasteiger partial charge in [-0.25, -0.2) is 4.79 Å². The van der Waals surface area contributed by atoms with Gasteiger partial charge in [-0.3, -0.25) is 4.79 Å². The Hall–Kier alpha value is -2.90. The van der Waals surface area contributed by atoms with Gasteiger partial charge in [0.25, 0.3) is 0 Å². The molecule has 0 radical (unpaired) electrons. The lowest BCUT2D eigenvalue weighted by Gasteiger charge is -2.27. The summed E-state index contributed by atoms with van der Waals surface area (Å²) in [4.78, 5) is 27.6. The molecule has 0 saturated heterocycles. The molecule has 0 aliphatic heterocycles. The molecule has 1 amide bonds. The van der Waals surface area contributed by atoms with Gasteiger partial charge in [-0.15, -0.1) is 0 Å². The number of benzene rings is 1. The number of carboxylic acids is 1. The molecule has 1 heterocycles. The van der Waals surface area contributed by atoms with E-state index in [1.54, 1.807) is 27.9 Å². The third-order valence-corrected chi connectivity index (χ3v) is 4.03. The minimum atomic E-state index is -1.04. The average Bonchev–Trinajstić information content (AvgIpc) is 3.07. The van der Waals surface area contributed by atoms with E-state index >= 15 is 0 Å². The lowest BCUT2D eigenvalue weighted by molar-refractivity contribution is -0.144. The molecule has 8 heteroatoms. The fourth-order valence-corrected chi connectivity index (χ4v) is 2.50. The van der Waals surface area contributed by atoms with E-state index in [0.717, 1.165) is 11.3 Å². The van der Waals surface area contributed by atoms with Crippen LogP contribution in [0.4, 0.5) is 0 Å². The van der Waals surface area contributed by atoms with Crippen LogP contribution in [0, 0.1) is 5.41 Å². The first-order valence-electron chi connectivity index (χ1n) is 8.70. The SMILES string of the molecule is COc1ccc(-c2noc(CCCC(=O)N[C@H](C(=O)O)C(C)(C)C)n2)cc1. The normalized spacial score (nSPS) is 12.4. The minimum Gasteiger partial charge on any atom is -0.497 e. The number of aromatic nitrogens is 2. The van der Waals surface area contributed by atoms with E-state index in [2.05, 4.69) is 15.5 Å². The van der Waals surface area contributed by atoms with E-state index < -0.39 is 17.4 Å². The number of carbonyl (C=O) groups is 2. The van der Waals surface area contributed by atoms with E-state index in [-0.39, 0.29) is 12.3 Å². The maximum atomic E-state index is 12.0. The standard InChI is InChI=1S/C19H25N3O5/c1-19(2,3)16(18(24)25)20-14(23)6-5-7-15-21-17(22-27-15)12-8-10-13(26-4)11-9-12/h8-11,16H,5-7H2,1-4H3,(H,20,23)(H,24,25)/t16-/m1/s1. The van der Waals surface area contributed by atoms with E-state index in [0.29, 0.717) is 24.6 Å². The zero-order valence-corrected chi connectivity index (χ0v) is 16.0. The van der Waals surface area contributed by atoms with Crippen molar-refractivity contribution >= 4 is 11.9 Å². The van der Waals surface area contributed by atoms with E-state index in [9.17, 15) is 14.7 Å². The predicted molar refractivity (Wildman–Crippen MR) is 98.2 cm³/mol. The summed E-state index contributed by atoms with van der Waals surface area (Å²) in [7, 11) is 1.60. The molecule has 1 aromatic heterocycles. The van der Waals surface area contributed by atoms with Gasteiger partial charge in [-0.05, 0) is 36.1 Å². The van der Waals surface area contributed by atoms with Crippen LogP contribution in [-0.2, 0) is 16.0 Å². The fraction of sp³-hybridized carbons (Fsp3) is 0.474. The van der Waals surface area contributed by atoms with E-state index in [4.69, 9.17) is 9.26 Å². The Morgan fingerprint density at radius 1 is 1.26 bits per heavy atom. The van der Waals surface area contributed by atoms with Gasteiger partial charge in [0.15, 0.2) is 0 Å². The van der Waals surface area contributed by atoms with Crippen molar-refractivity contribution in [3.05, 3.63) is 30.2 Å². The molecule has 0 spiro atoms. The summed E-state index contributed by atoms with van der Waals surface area (Å²) in [5.74, 6) is 0.280. The number of rotatable bonds is 8. The molecule has 8 nitrogen and oxygen atoms in total. The summed E-state index contributed by atoms with van der Waals surface area (Å²) in [6.45, 7) is 5.31. The second kappa shape index (κ2) is 8.66. The van der Waals surface area contributed by atoms with E-state index in [1.165, 1.54) is 0 Å². The Morgan fingerprint density at radius 3 is 2.48 bits per heavy atom. The molecular formula is C19H25N3O5. The highest BCUT2D eigenvalue weighted by molar-refractivity contribution is 5.84. The number of hydrogen-bond donors (Lipinski definition) is 2. The monoisotopic (exact) mass is 375 g/mol. The molecule has 0 aliphatic carbocycles.